The van der Waals surface area contributed by atoms with Crippen molar-refractivity contribution < 1.29 is 13.2 Å². The van der Waals surface area contributed by atoms with E-state index in [1.165, 1.54) is 6.20 Å². The van der Waals surface area contributed by atoms with E-state index in [4.69, 9.17) is 4.74 Å². The minimum atomic E-state index is -3.54. The lowest BCUT2D eigenvalue weighted by Gasteiger charge is -2.23. The molecule has 0 radical (unpaired) electrons. The molecule has 1 aliphatic rings. The third-order valence-electron chi connectivity index (χ3n) is 3.54. The average Bonchev–Trinajstić information content (AvgIpc) is 2.91. The zero-order chi connectivity index (χ0) is 15.3. The Morgan fingerprint density at radius 1 is 1.43 bits per heavy atom. The Morgan fingerprint density at radius 2 is 2.24 bits per heavy atom. The summed E-state index contributed by atoms with van der Waals surface area (Å²) in [7, 11) is -3.54. The van der Waals surface area contributed by atoms with E-state index in [-0.39, 0.29) is 11.4 Å². The van der Waals surface area contributed by atoms with Crippen LogP contribution in [0.3, 0.4) is 0 Å². The number of sulfonamides is 1. The average molecular weight is 313 g/mol. The summed E-state index contributed by atoms with van der Waals surface area (Å²) in [5.74, 6) is 0.682. The molecule has 1 aromatic rings. The van der Waals surface area contributed by atoms with Crippen LogP contribution in [-0.4, -0.2) is 38.7 Å². The maximum atomic E-state index is 12.2. The molecule has 2 N–H and O–H groups in total. The summed E-state index contributed by atoms with van der Waals surface area (Å²) in [4.78, 5) is 4.29. The van der Waals surface area contributed by atoms with Gasteiger partial charge in [-0.15, -0.1) is 0 Å². The van der Waals surface area contributed by atoms with E-state index in [1.54, 1.807) is 12.1 Å². The first-order valence-corrected chi connectivity index (χ1v) is 8.77. The van der Waals surface area contributed by atoms with Crippen LogP contribution >= 0.6 is 0 Å². The zero-order valence-electron chi connectivity index (χ0n) is 12.6. The molecule has 1 atom stereocenters. The maximum Gasteiger partial charge on any atom is 0.242 e. The normalized spacial score (nSPS) is 22.4. The molecule has 21 heavy (non-hydrogen) atoms. The van der Waals surface area contributed by atoms with Crippen molar-refractivity contribution >= 4 is 15.8 Å². The number of ether oxygens (including phenoxy) is 1. The first-order chi connectivity index (χ1) is 9.95. The predicted octanol–water partition coefficient (Wildman–Crippen LogP) is 1.75. The number of nitrogens with one attached hydrogen (secondary N) is 2. The van der Waals surface area contributed by atoms with Crippen molar-refractivity contribution in [2.45, 2.75) is 43.6 Å². The molecule has 0 spiro atoms. The van der Waals surface area contributed by atoms with Gasteiger partial charge in [0.15, 0.2) is 0 Å². The van der Waals surface area contributed by atoms with Crippen molar-refractivity contribution in [2.24, 2.45) is 0 Å². The molecular weight excluding hydrogens is 290 g/mol. The molecule has 1 aromatic heterocycles. The van der Waals surface area contributed by atoms with E-state index in [9.17, 15) is 8.42 Å². The highest BCUT2D eigenvalue weighted by Gasteiger charge is 2.31. The quantitative estimate of drug-likeness (QED) is 0.801. The SMILES string of the molecule is CCCNc1ccc(S(=O)(=O)NCC2(C)CCCO2)cn1. The summed E-state index contributed by atoms with van der Waals surface area (Å²) in [6, 6.07) is 3.24. The third kappa shape index (κ3) is 4.39. The molecule has 0 amide bonds. The van der Waals surface area contributed by atoms with E-state index in [1.807, 2.05) is 6.92 Å². The van der Waals surface area contributed by atoms with Crippen LogP contribution in [0.2, 0.25) is 0 Å². The smallest absolute Gasteiger partial charge is 0.242 e. The van der Waals surface area contributed by atoms with E-state index < -0.39 is 15.6 Å². The van der Waals surface area contributed by atoms with Gasteiger partial charge in [0.25, 0.3) is 0 Å². The van der Waals surface area contributed by atoms with E-state index >= 15 is 0 Å². The molecule has 6 nitrogen and oxygen atoms in total. The highest BCUT2D eigenvalue weighted by atomic mass is 32.2. The van der Waals surface area contributed by atoms with Crippen LogP contribution in [0.5, 0.6) is 0 Å². The summed E-state index contributed by atoms with van der Waals surface area (Å²) in [5.41, 5.74) is -0.400. The fourth-order valence-electron chi connectivity index (χ4n) is 2.20. The van der Waals surface area contributed by atoms with Gasteiger partial charge in [-0.2, -0.15) is 0 Å². The lowest BCUT2D eigenvalue weighted by molar-refractivity contribution is 0.0250. The number of anilines is 1. The molecule has 1 aliphatic heterocycles. The highest BCUT2D eigenvalue weighted by molar-refractivity contribution is 7.89. The van der Waals surface area contributed by atoms with Crippen LogP contribution in [0.25, 0.3) is 0 Å². The van der Waals surface area contributed by atoms with E-state index in [0.29, 0.717) is 12.4 Å². The van der Waals surface area contributed by atoms with Crippen molar-refractivity contribution in [2.75, 3.05) is 25.0 Å². The first kappa shape index (κ1) is 16.2. The predicted molar refractivity (Wildman–Crippen MR) is 81.8 cm³/mol. The monoisotopic (exact) mass is 313 g/mol. The van der Waals surface area contributed by atoms with E-state index in [2.05, 4.69) is 21.9 Å². The Hall–Kier alpha value is -1.18. The van der Waals surface area contributed by atoms with Gasteiger partial charge >= 0.3 is 0 Å². The molecule has 2 rings (SSSR count). The van der Waals surface area contributed by atoms with Gasteiger partial charge in [-0.3, -0.25) is 0 Å². The molecule has 2 heterocycles. The Balaban J connectivity index is 1.98. The Labute approximate surface area is 126 Å². The van der Waals surface area contributed by atoms with Gasteiger partial charge in [0, 0.05) is 25.9 Å². The maximum absolute atomic E-state index is 12.2. The number of nitrogens with zero attached hydrogens (tertiary/aromatic N) is 1. The number of hydrogen-bond acceptors (Lipinski definition) is 5. The molecule has 0 aromatic carbocycles. The van der Waals surface area contributed by atoms with Crippen molar-refractivity contribution in [3.8, 4) is 0 Å². The van der Waals surface area contributed by atoms with Gasteiger partial charge in [-0.1, -0.05) is 6.92 Å². The van der Waals surface area contributed by atoms with Crippen LogP contribution in [0.4, 0.5) is 5.82 Å². The molecule has 1 saturated heterocycles. The van der Waals surface area contributed by atoms with Gasteiger partial charge in [0.1, 0.15) is 10.7 Å². The Kier molecular flexibility index (Phi) is 5.18. The minimum Gasteiger partial charge on any atom is -0.374 e. The summed E-state index contributed by atoms with van der Waals surface area (Å²) < 4.78 is 32.6. The summed E-state index contributed by atoms with van der Waals surface area (Å²) in [6.45, 7) is 5.77. The fourth-order valence-corrected chi connectivity index (χ4v) is 3.30. The molecule has 0 aliphatic carbocycles. The summed E-state index contributed by atoms with van der Waals surface area (Å²) in [6.07, 6.45) is 4.20. The molecule has 1 unspecified atom stereocenters. The lowest BCUT2D eigenvalue weighted by atomic mass is 10.0. The zero-order valence-corrected chi connectivity index (χ0v) is 13.4. The highest BCUT2D eigenvalue weighted by Crippen LogP contribution is 2.24. The molecule has 0 saturated carbocycles. The van der Waals surface area contributed by atoms with Gasteiger partial charge < -0.3 is 10.1 Å². The molecule has 0 bridgehead atoms. The van der Waals surface area contributed by atoms with Crippen molar-refractivity contribution in [1.29, 1.82) is 0 Å². The number of rotatable bonds is 7. The lowest BCUT2D eigenvalue weighted by Crippen LogP contribution is -2.40. The number of aromatic nitrogens is 1. The van der Waals surface area contributed by atoms with Gasteiger partial charge in [0.05, 0.1) is 5.60 Å². The fraction of sp³-hybridized carbons (Fsp3) is 0.643. The molecule has 118 valence electrons. The third-order valence-corrected chi connectivity index (χ3v) is 4.93. The van der Waals surface area contributed by atoms with Crippen LogP contribution in [-0.2, 0) is 14.8 Å². The Bertz CT molecular complexity index is 551. The summed E-state index contributed by atoms with van der Waals surface area (Å²) in [5, 5.41) is 3.11. The molecule has 7 heteroatoms. The van der Waals surface area contributed by atoms with Gasteiger partial charge in [-0.25, -0.2) is 18.1 Å². The van der Waals surface area contributed by atoms with Crippen LogP contribution in [0.1, 0.15) is 33.1 Å². The second-order valence-corrected chi connectivity index (χ2v) is 7.30. The topological polar surface area (TPSA) is 80.3 Å². The van der Waals surface area contributed by atoms with Crippen LogP contribution < -0.4 is 10.0 Å². The van der Waals surface area contributed by atoms with Crippen molar-refractivity contribution in [3.05, 3.63) is 18.3 Å². The molecule has 1 fully saturated rings. The Morgan fingerprint density at radius 3 is 2.81 bits per heavy atom. The number of hydrogen-bond donors (Lipinski definition) is 2. The second kappa shape index (κ2) is 6.72. The van der Waals surface area contributed by atoms with Crippen LogP contribution in [0.15, 0.2) is 23.2 Å². The standard InChI is InChI=1S/C14H23N3O3S/c1-3-8-15-13-6-5-12(10-16-13)21(18,19)17-11-14(2)7-4-9-20-14/h5-6,10,17H,3-4,7-9,11H2,1-2H3,(H,15,16). The number of pyridine rings is 1. The summed E-state index contributed by atoms with van der Waals surface area (Å²) >= 11 is 0. The largest absolute Gasteiger partial charge is 0.374 e. The van der Waals surface area contributed by atoms with E-state index in [0.717, 1.165) is 25.8 Å². The van der Waals surface area contributed by atoms with Crippen molar-refractivity contribution in [3.63, 3.8) is 0 Å². The van der Waals surface area contributed by atoms with Gasteiger partial charge in [0.2, 0.25) is 10.0 Å². The van der Waals surface area contributed by atoms with Gasteiger partial charge in [-0.05, 0) is 38.3 Å². The van der Waals surface area contributed by atoms with Crippen LogP contribution in [0, 0.1) is 0 Å². The minimum absolute atomic E-state index is 0.172. The first-order valence-electron chi connectivity index (χ1n) is 7.29. The van der Waals surface area contributed by atoms with Crippen molar-refractivity contribution in [1.82, 2.24) is 9.71 Å². The molecular formula is C14H23N3O3S. The second-order valence-electron chi connectivity index (χ2n) is 5.53.